The van der Waals surface area contributed by atoms with Gasteiger partial charge in [0.2, 0.25) is 23.6 Å². The van der Waals surface area contributed by atoms with Gasteiger partial charge in [0.1, 0.15) is 0 Å². The third kappa shape index (κ3) is 10.2. The number of carbonyl (C=O) groups excluding carboxylic acids is 4. The summed E-state index contributed by atoms with van der Waals surface area (Å²) in [6.07, 6.45) is 12.5. The van der Waals surface area contributed by atoms with Crippen LogP contribution in [-0.2, 0) is 19.2 Å². The smallest absolute Gasteiger partial charge is 0.237 e. The van der Waals surface area contributed by atoms with Crippen molar-refractivity contribution in [3.05, 3.63) is 36.9 Å². The minimum atomic E-state index is -0.458. The van der Waals surface area contributed by atoms with E-state index in [1.54, 1.807) is 4.90 Å². The number of nitrogens with one attached hydrogen (secondary N) is 2. The van der Waals surface area contributed by atoms with Crippen molar-refractivity contribution in [2.75, 3.05) is 18.4 Å². The van der Waals surface area contributed by atoms with Gasteiger partial charge in [-0.3, -0.25) is 23.9 Å². The van der Waals surface area contributed by atoms with E-state index in [1.165, 1.54) is 24.8 Å². The maximum absolute atomic E-state index is 12.6. The molecule has 0 heterocycles. The van der Waals surface area contributed by atoms with Crippen LogP contribution in [0.25, 0.3) is 0 Å². The molecule has 1 unspecified atom stereocenters. The van der Waals surface area contributed by atoms with Gasteiger partial charge in [-0.1, -0.05) is 50.3 Å². The van der Waals surface area contributed by atoms with E-state index in [4.69, 9.17) is 5.73 Å². The Balaban J connectivity index is 1.28. The highest BCUT2D eigenvalue weighted by molar-refractivity contribution is 7.98. The predicted octanol–water partition coefficient (Wildman–Crippen LogP) is 4.81. The van der Waals surface area contributed by atoms with Crippen molar-refractivity contribution in [1.29, 1.82) is 0 Å². The molecule has 0 radical (unpaired) electrons. The Kier molecular flexibility index (Phi) is 12.2. The van der Waals surface area contributed by atoms with E-state index in [1.807, 2.05) is 30.3 Å². The van der Waals surface area contributed by atoms with E-state index in [2.05, 4.69) is 16.6 Å². The van der Waals surface area contributed by atoms with Crippen molar-refractivity contribution >= 4 is 41.3 Å². The van der Waals surface area contributed by atoms with Gasteiger partial charge in [0.05, 0.1) is 17.1 Å². The summed E-state index contributed by atoms with van der Waals surface area (Å²) in [4.78, 5) is 51.2. The predicted molar refractivity (Wildman–Crippen MR) is 151 cm³/mol. The SMILES string of the molecule is C=C[C@@H]1CC1C(=O)NSc1ccccc1NC(=O)CCCCCCCC(=O)N(CC(N)=O)CC1CCCC1. The fraction of sp³-hybridized carbons (Fsp3) is 0.586. The van der Waals surface area contributed by atoms with Crippen LogP contribution >= 0.6 is 11.9 Å². The van der Waals surface area contributed by atoms with Gasteiger partial charge >= 0.3 is 0 Å². The second-order valence-electron chi connectivity index (χ2n) is 10.5. The Hall–Kier alpha value is -2.81. The zero-order valence-corrected chi connectivity index (χ0v) is 23.1. The van der Waals surface area contributed by atoms with Crippen molar-refractivity contribution in [1.82, 2.24) is 9.62 Å². The van der Waals surface area contributed by atoms with E-state index >= 15 is 0 Å². The first-order chi connectivity index (χ1) is 18.4. The van der Waals surface area contributed by atoms with Gasteiger partial charge in [0, 0.05) is 25.3 Å². The molecule has 8 nitrogen and oxygen atoms in total. The van der Waals surface area contributed by atoms with Gasteiger partial charge in [-0.25, -0.2) is 0 Å². The number of primary amides is 1. The van der Waals surface area contributed by atoms with Gasteiger partial charge in [-0.05, 0) is 68.0 Å². The summed E-state index contributed by atoms with van der Waals surface area (Å²) < 4.78 is 2.88. The number of nitrogens with zero attached hydrogens (tertiary/aromatic N) is 1. The Bertz CT molecular complexity index is 979. The van der Waals surface area contributed by atoms with Crippen molar-refractivity contribution < 1.29 is 19.2 Å². The average molecular weight is 543 g/mol. The molecule has 0 aromatic heterocycles. The van der Waals surface area contributed by atoms with Crippen molar-refractivity contribution in [3.63, 3.8) is 0 Å². The zero-order chi connectivity index (χ0) is 27.3. The van der Waals surface area contributed by atoms with Gasteiger partial charge in [-0.15, -0.1) is 6.58 Å². The number of amides is 4. The summed E-state index contributed by atoms with van der Waals surface area (Å²) in [6.45, 7) is 4.39. The molecule has 2 aliphatic carbocycles. The molecule has 1 aromatic carbocycles. The molecule has 2 atom stereocenters. The third-order valence-corrected chi connectivity index (χ3v) is 8.23. The number of para-hydroxylation sites is 1. The number of nitrogens with two attached hydrogens (primary N) is 1. The molecule has 3 rings (SSSR count). The summed E-state index contributed by atoms with van der Waals surface area (Å²) >= 11 is 1.23. The molecule has 0 aliphatic heterocycles. The zero-order valence-electron chi connectivity index (χ0n) is 22.3. The van der Waals surface area contributed by atoms with Crippen LogP contribution < -0.4 is 15.8 Å². The quantitative estimate of drug-likeness (QED) is 0.148. The summed E-state index contributed by atoms with van der Waals surface area (Å²) in [5.41, 5.74) is 6.05. The lowest BCUT2D eigenvalue weighted by atomic mass is 10.1. The van der Waals surface area contributed by atoms with Gasteiger partial charge in [0.25, 0.3) is 0 Å². The number of rotatable bonds is 17. The summed E-state index contributed by atoms with van der Waals surface area (Å²) in [5.74, 6) is 0.261. The molecular formula is C29H42N4O4S. The fourth-order valence-corrected chi connectivity index (χ4v) is 5.76. The Morgan fingerprint density at radius 1 is 1.03 bits per heavy atom. The Labute approximate surface area is 230 Å². The molecule has 0 bridgehead atoms. The largest absolute Gasteiger partial charge is 0.368 e. The topological polar surface area (TPSA) is 122 Å². The lowest BCUT2D eigenvalue weighted by Crippen LogP contribution is -2.40. The van der Waals surface area contributed by atoms with Crippen molar-refractivity contribution in [2.45, 2.75) is 81.9 Å². The van der Waals surface area contributed by atoms with E-state index in [0.717, 1.165) is 56.3 Å². The van der Waals surface area contributed by atoms with Crippen LogP contribution in [0.3, 0.4) is 0 Å². The van der Waals surface area contributed by atoms with Crippen LogP contribution in [0, 0.1) is 17.8 Å². The van der Waals surface area contributed by atoms with Crippen molar-refractivity contribution in [3.8, 4) is 0 Å². The minimum absolute atomic E-state index is 0.00267. The van der Waals surface area contributed by atoms with Gasteiger partial charge in [0.15, 0.2) is 0 Å². The molecular weight excluding hydrogens is 500 g/mol. The van der Waals surface area contributed by atoms with E-state index in [9.17, 15) is 19.2 Å². The average Bonchev–Trinajstić information content (AvgIpc) is 3.52. The minimum Gasteiger partial charge on any atom is -0.368 e. The van der Waals surface area contributed by atoms with Crippen LogP contribution in [0.2, 0.25) is 0 Å². The lowest BCUT2D eigenvalue weighted by molar-refractivity contribution is -0.135. The molecule has 38 heavy (non-hydrogen) atoms. The molecule has 2 fully saturated rings. The molecule has 1 aromatic rings. The molecule has 0 saturated heterocycles. The van der Waals surface area contributed by atoms with Crippen molar-refractivity contribution in [2.24, 2.45) is 23.5 Å². The number of benzene rings is 1. The number of hydrogen-bond acceptors (Lipinski definition) is 5. The van der Waals surface area contributed by atoms with Crippen LogP contribution in [0.5, 0.6) is 0 Å². The number of anilines is 1. The molecule has 0 spiro atoms. The first-order valence-electron chi connectivity index (χ1n) is 13.9. The van der Waals surface area contributed by atoms with E-state index < -0.39 is 5.91 Å². The first kappa shape index (κ1) is 29.7. The van der Waals surface area contributed by atoms with E-state index in [-0.39, 0.29) is 36.1 Å². The van der Waals surface area contributed by atoms with Gasteiger partial charge < -0.3 is 16.0 Å². The van der Waals surface area contributed by atoms with Crippen LogP contribution in [0.4, 0.5) is 5.69 Å². The number of allylic oxidation sites excluding steroid dienone is 1. The maximum atomic E-state index is 12.6. The first-order valence-corrected chi connectivity index (χ1v) is 14.7. The summed E-state index contributed by atoms with van der Waals surface area (Å²) in [6, 6.07) is 7.44. The van der Waals surface area contributed by atoms with Crippen LogP contribution in [0.1, 0.15) is 77.0 Å². The molecule has 4 N–H and O–H groups in total. The highest BCUT2D eigenvalue weighted by atomic mass is 32.2. The molecule has 208 valence electrons. The summed E-state index contributed by atoms with van der Waals surface area (Å²) in [7, 11) is 0. The second kappa shape index (κ2) is 15.6. The van der Waals surface area contributed by atoms with Gasteiger partial charge in [-0.2, -0.15) is 0 Å². The molecule has 4 amide bonds. The Morgan fingerprint density at radius 2 is 1.71 bits per heavy atom. The standard InChI is InChI=1S/C29H42N4O4S/c1-2-22-18-23(22)29(37)32-38-25-15-11-10-14-24(25)31-27(35)16-6-4-3-5-7-17-28(36)33(20-26(30)34)19-21-12-8-9-13-21/h2,10-11,14-15,21-23H,1,3-9,12-13,16-20H2,(H2,30,34)(H,31,35)(H,32,37)/t22-,23?/m1/s1. The highest BCUT2D eigenvalue weighted by Crippen LogP contribution is 2.40. The molecule has 9 heteroatoms. The summed E-state index contributed by atoms with van der Waals surface area (Å²) in [5, 5.41) is 2.96. The van der Waals surface area contributed by atoms with E-state index in [0.29, 0.717) is 31.0 Å². The number of unbranched alkanes of at least 4 members (excludes halogenated alkanes) is 4. The maximum Gasteiger partial charge on any atom is 0.237 e. The highest BCUT2D eigenvalue weighted by Gasteiger charge is 2.40. The Morgan fingerprint density at radius 3 is 2.39 bits per heavy atom. The molecule has 2 saturated carbocycles. The van der Waals surface area contributed by atoms with Crippen LogP contribution in [0.15, 0.2) is 41.8 Å². The normalized spacial score (nSPS) is 18.5. The molecule has 2 aliphatic rings. The lowest BCUT2D eigenvalue weighted by Gasteiger charge is -2.24. The number of carbonyl (C=O) groups is 4. The monoisotopic (exact) mass is 542 g/mol. The number of hydrogen-bond donors (Lipinski definition) is 3. The fourth-order valence-electron chi connectivity index (χ4n) is 5.03. The third-order valence-electron chi connectivity index (χ3n) is 7.35. The van der Waals surface area contributed by atoms with Crippen LogP contribution in [-0.4, -0.2) is 41.6 Å². The second-order valence-corrected chi connectivity index (χ2v) is 11.4.